The molecule has 0 amide bonds. The zero-order chi connectivity index (χ0) is 11.0. The first-order valence-electron chi connectivity index (χ1n) is 4.49. The van der Waals surface area contributed by atoms with Crippen LogP contribution in [0.2, 0.25) is 0 Å². The molecule has 0 spiro atoms. The molecule has 0 saturated carbocycles. The van der Waals surface area contributed by atoms with Crippen molar-refractivity contribution in [2.75, 3.05) is 0 Å². The molecule has 0 unspecified atom stereocenters. The van der Waals surface area contributed by atoms with Gasteiger partial charge < -0.3 is 0 Å². The largest absolute Gasteiger partial charge is 0.268 e. The topological polar surface area (TPSA) is 17.8 Å². The second-order valence-electron chi connectivity index (χ2n) is 2.96. The van der Waals surface area contributed by atoms with E-state index < -0.39 is 0 Å². The summed E-state index contributed by atoms with van der Waals surface area (Å²) in [7, 11) is 0. The van der Waals surface area contributed by atoms with E-state index in [1.54, 1.807) is 6.08 Å². The van der Waals surface area contributed by atoms with Crippen LogP contribution in [0.15, 0.2) is 49.9 Å². The van der Waals surface area contributed by atoms with Crippen molar-refractivity contribution in [1.29, 1.82) is 0 Å². The van der Waals surface area contributed by atoms with Gasteiger partial charge in [0, 0.05) is 6.20 Å². The molecule has 0 N–H and O–H groups in total. The van der Waals surface area contributed by atoms with E-state index in [1.807, 2.05) is 30.1 Å². The van der Waals surface area contributed by atoms with Crippen molar-refractivity contribution < 1.29 is 0 Å². The van der Waals surface area contributed by atoms with Gasteiger partial charge in [-0.05, 0) is 19.4 Å². The Kier molecular flexibility index (Phi) is 6.12. The number of rotatable bonds is 3. The van der Waals surface area contributed by atoms with Gasteiger partial charge in [0.2, 0.25) is 0 Å². The summed E-state index contributed by atoms with van der Waals surface area (Å²) in [6, 6.07) is 0. The summed E-state index contributed by atoms with van der Waals surface area (Å²) >= 11 is 0. The summed E-state index contributed by atoms with van der Waals surface area (Å²) < 4.78 is 1.92. The highest BCUT2D eigenvalue weighted by Gasteiger charge is 1.93. The van der Waals surface area contributed by atoms with Crippen molar-refractivity contribution >= 4 is 0 Å². The van der Waals surface area contributed by atoms with Crippen LogP contribution in [0.3, 0.4) is 0 Å². The van der Waals surface area contributed by atoms with Gasteiger partial charge in [-0.3, -0.25) is 4.68 Å². The zero-order valence-corrected chi connectivity index (χ0v) is 9.03. The maximum atomic E-state index is 4.18. The number of nitrogens with zero attached hydrogens (tertiary/aromatic N) is 2. The molecule has 0 aliphatic carbocycles. The summed E-state index contributed by atoms with van der Waals surface area (Å²) in [5, 5.41) is 4.18. The second kappa shape index (κ2) is 6.89. The predicted molar refractivity (Wildman–Crippen MR) is 62.2 cm³/mol. The molecule has 14 heavy (non-hydrogen) atoms. The van der Waals surface area contributed by atoms with E-state index in [2.05, 4.69) is 31.8 Å². The quantitative estimate of drug-likeness (QED) is 0.529. The van der Waals surface area contributed by atoms with Crippen molar-refractivity contribution in [2.24, 2.45) is 0 Å². The molecule has 1 heterocycles. The van der Waals surface area contributed by atoms with Crippen LogP contribution in [0.1, 0.15) is 12.5 Å². The Hall–Kier alpha value is -1.57. The Labute approximate surface area is 86.3 Å². The molecule has 0 fully saturated rings. The van der Waals surface area contributed by atoms with E-state index >= 15 is 0 Å². The minimum Gasteiger partial charge on any atom is -0.268 e. The average molecular weight is 190 g/mol. The van der Waals surface area contributed by atoms with Crippen molar-refractivity contribution in [2.45, 2.75) is 20.4 Å². The lowest BCUT2D eigenvalue weighted by atomic mass is 10.3. The summed E-state index contributed by atoms with van der Waals surface area (Å²) in [5.74, 6) is 0. The second-order valence-corrected chi connectivity index (χ2v) is 2.96. The number of aromatic nitrogens is 2. The van der Waals surface area contributed by atoms with Crippen molar-refractivity contribution in [3.63, 3.8) is 0 Å². The molecule has 0 atom stereocenters. The Morgan fingerprint density at radius 2 is 2.21 bits per heavy atom. The lowest BCUT2D eigenvalue weighted by Gasteiger charge is -1.99. The van der Waals surface area contributed by atoms with Crippen LogP contribution in [-0.2, 0) is 6.54 Å². The molecule has 0 aromatic carbocycles. The normalized spacial score (nSPS) is 10.3. The van der Waals surface area contributed by atoms with Gasteiger partial charge in [0.25, 0.3) is 0 Å². The van der Waals surface area contributed by atoms with Crippen molar-refractivity contribution in [3.05, 3.63) is 55.4 Å². The fourth-order valence-corrected chi connectivity index (χ4v) is 1.06. The minimum atomic E-state index is 0.847. The van der Waals surface area contributed by atoms with E-state index in [0.29, 0.717) is 0 Å². The van der Waals surface area contributed by atoms with E-state index in [0.717, 1.165) is 6.54 Å². The lowest BCUT2D eigenvalue weighted by Crippen LogP contribution is -1.98. The fraction of sp³-hybridized carbons (Fsp3) is 0.250. The molecule has 1 aromatic heterocycles. The first kappa shape index (κ1) is 12.4. The van der Waals surface area contributed by atoms with Crippen LogP contribution >= 0.6 is 0 Å². The van der Waals surface area contributed by atoms with Crippen LogP contribution in [0, 0.1) is 6.92 Å². The van der Waals surface area contributed by atoms with Crippen LogP contribution < -0.4 is 0 Å². The van der Waals surface area contributed by atoms with E-state index in [9.17, 15) is 0 Å². The number of hydrogen-bond acceptors (Lipinski definition) is 1. The number of aryl methyl sites for hydroxylation is 1. The van der Waals surface area contributed by atoms with Gasteiger partial charge in [-0.25, -0.2) is 0 Å². The predicted octanol–water partition coefficient (Wildman–Crippen LogP) is 3.13. The third-order valence-corrected chi connectivity index (χ3v) is 1.58. The van der Waals surface area contributed by atoms with Gasteiger partial charge in [0.1, 0.15) is 0 Å². The first-order chi connectivity index (χ1) is 6.72. The van der Waals surface area contributed by atoms with E-state index in [4.69, 9.17) is 0 Å². The van der Waals surface area contributed by atoms with Crippen LogP contribution in [0.4, 0.5) is 0 Å². The maximum absolute atomic E-state index is 4.18. The Balaban J connectivity index is 0.000000791. The van der Waals surface area contributed by atoms with Crippen LogP contribution in [0.5, 0.6) is 0 Å². The summed E-state index contributed by atoms with van der Waals surface area (Å²) in [5.41, 5.74) is 2.45. The molecule has 76 valence electrons. The Bertz CT molecular complexity index is 308. The van der Waals surface area contributed by atoms with Gasteiger partial charge in [-0.1, -0.05) is 24.3 Å². The van der Waals surface area contributed by atoms with Crippen molar-refractivity contribution in [1.82, 2.24) is 9.78 Å². The number of hydrogen-bond donors (Lipinski definition) is 0. The molecular weight excluding hydrogens is 172 g/mol. The summed E-state index contributed by atoms with van der Waals surface area (Å²) in [6.07, 6.45) is 7.68. The lowest BCUT2D eigenvalue weighted by molar-refractivity contribution is 0.677. The highest BCUT2D eigenvalue weighted by Crippen LogP contribution is 2.00. The molecule has 0 saturated heterocycles. The molecule has 0 bridgehead atoms. The monoisotopic (exact) mass is 190 g/mol. The zero-order valence-electron chi connectivity index (χ0n) is 9.03. The van der Waals surface area contributed by atoms with Gasteiger partial charge in [0.15, 0.2) is 0 Å². The molecule has 0 aliphatic rings. The summed E-state index contributed by atoms with van der Waals surface area (Å²) in [6.45, 7) is 14.6. The van der Waals surface area contributed by atoms with Crippen LogP contribution in [-0.4, -0.2) is 9.78 Å². The number of allylic oxidation sites excluding steroid dienone is 3. The SMILES string of the molecule is C=C.C=C/C=C(\C)Cn1cc(C)cn1. The Morgan fingerprint density at radius 1 is 1.57 bits per heavy atom. The highest BCUT2D eigenvalue weighted by atomic mass is 15.3. The third-order valence-electron chi connectivity index (χ3n) is 1.58. The molecule has 2 nitrogen and oxygen atoms in total. The molecule has 0 radical (unpaired) electrons. The third kappa shape index (κ3) is 4.45. The maximum Gasteiger partial charge on any atom is 0.0619 e. The smallest absolute Gasteiger partial charge is 0.0619 e. The molecular formula is C12H18N2. The van der Waals surface area contributed by atoms with Gasteiger partial charge in [-0.2, -0.15) is 5.10 Å². The molecule has 1 rings (SSSR count). The molecule has 2 heteroatoms. The highest BCUT2D eigenvalue weighted by molar-refractivity contribution is 5.08. The Morgan fingerprint density at radius 3 is 2.64 bits per heavy atom. The van der Waals surface area contributed by atoms with Crippen molar-refractivity contribution in [3.8, 4) is 0 Å². The van der Waals surface area contributed by atoms with Gasteiger partial charge >= 0.3 is 0 Å². The van der Waals surface area contributed by atoms with E-state index in [-0.39, 0.29) is 0 Å². The summed E-state index contributed by atoms with van der Waals surface area (Å²) in [4.78, 5) is 0. The van der Waals surface area contributed by atoms with E-state index in [1.165, 1.54) is 11.1 Å². The fourth-order valence-electron chi connectivity index (χ4n) is 1.06. The average Bonchev–Trinajstić information content (AvgIpc) is 2.55. The molecule has 1 aromatic rings. The minimum absolute atomic E-state index is 0.847. The van der Waals surface area contributed by atoms with Crippen LogP contribution in [0.25, 0.3) is 0 Å². The standard InChI is InChI=1S/C10H14N2.C2H4/c1-4-5-9(2)7-12-8-10(3)6-11-12;1-2/h4-6,8H,1,7H2,2-3H3;1-2H2/b9-5+;. The van der Waals surface area contributed by atoms with Gasteiger partial charge in [0.05, 0.1) is 12.7 Å². The first-order valence-corrected chi connectivity index (χ1v) is 4.49. The molecule has 0 aliphatic heterocycles. The van der Waals surface area contributed by atoms with Gasteiger partial charge in [-0.15, -0.1) is 13.2 Å².